The number of pyridine rings is 1. The molecule has 0 amide bonds. The summed E-state index contributed by atoms with van der Waals surface area (Å²) in [6.45, 7) is 7.08. The van der Waals surface area contributed by atoms with E-state index in [1.54, 1.807) is 0 Å². The summed E-state index contributed by atoms with van der Waals surface area (Å²) in [4.78, 5) is 7.19. The van der Waals surface area contributed by atoms with Gasteiger partial charge in [-0.25, -0.2) is 9.50 Å². The zero-order chi connectivity index (χ0) is 21.0. The van der Waals surface area contributed by atoms with Gasteiger partial charge in [-0.2, -0.15) is 10.2 Å². The van der Waals surface area contributed by atoms with E-state index in [0.29, 0.717) is 6.42 Å². The SMILES string of the molecule is CCn1cc(-c2cccc3nc(Cc4ccc(OCCN5CCCC5)cc4)nn23)cn1. The van der Waals surface area contributed by atoms with E-state index in [1.165, 1.54) is 31.5 Å². The Kier molecular flexibility index (Phi) is 5.67. The molecule has 1 saturated heterocycles. The molecular formula is C24H28N6O. The summed E-state index contributed by atoms with van der Waals surface area (Å²) < 4.78 is 9.73. The first-order valence-electron chi connectivity index (χ1n) is 11.1. The molecule has 1 aromatic carbocycles. The van der Waals surface area contributed by atoms with E-state index in [1.807, 2.05) is 45.9 Å². The Bertz CT molecular complexity index is 1140. The zero-order valence-corrected chi connectivity index (χ0v) is 17.9. The van der Waals surface area contributed by atoms with E-state index in [-0.39, 0.29) is 0 Å². The Morgan fingerprint density at radius 3 is 2.65 bits per heavy atom. The second kappa shape index (κ2) is 8.89. The molecule has 4 heterocycles. The maximum absolute atomic E-state index is 5.91. The number of aromatic nitrogens is 5. The molecule has 0 aliphatic carbocycles. The van der Waals surface area contributed by atoms with Crippen molar-refractivity contribution in [1.29, 1.82) is 0 Å². The van der Waals surface area contributed by atoms with Gasteiger partial charge >= 0.3 is 0 Å². The Morgan fingerprint density at radius 1 is 1.03 bits per heavy atom. The molecule has 160 valence electrons. The van der Waals surface area contributed by atoms with Crippen molar-refractivity contribution in [2.24, 2.45) is 0 Å². The van der Waals surface area contributed by atoms with E-state index in [0.717, 1.165) is 48.2 Å². The van der Waals surface area contributed by atoms with E-state index < -0.39 is 0 Å². The van der Waals surface area contributed by atoms with Crippen LogP contribution in [0.15, 0.2) is 54.9 Å². The number of likely N-dealkylation sites (tertiary alicyclic amines) is 1. The van der Waals surface area contributed by atoms with Gasteiger partial charge in [0.05, 0.1) is 11.9 Å². The molecule has 0 spiro atoms. The molecule has 0 radical (unpaired) electrons. The number of rotatable bonds is 8. The van der Waals surface area contributed by atoms with Gasteiger partial charge in [0.1, 0.15) is 12.4 Å². The van der Waals surface area contributed by atoms with Crippen LogP contribution in [-0.2, 0) is 13.0 Å². The Balaban J connectivity index is 1.26. The van der Waals surface area contributed by atoms with Crippen LogP contribution in [-0.4, -0.2) is 55.5 Å². The molecule has 1 aliphatic heterocycles. The van der Waals surface area contributed by atoms with Gasteiger partial charge in [0.25, 0.3) is 0 Å². The normalized spacial score (nSPS) is 14.5. The van der Waals surface area contributed by atoms with Gasteiger partial charge in [0.2, 0.25) is 0 Å². The molecule has 5 rings (SSSR count). The average molecular weight is 417 g/mol. The predicted molar refractivity (Wildman–Crippen MR) is 120 cm³/mol. The van der Waals surface area contributed by atoms with Crippen LogP contribution >= 0.6 is 0 Å². The number of hydrogen-bond acceptors (Lipinski definition) is 5. The lowest BCUT2D eigenvalue weighted by atomic mass is 10.1. The molecule has 4 aromatic rings. The molecule has 7 heteroatoms. The van der Waals surface area contributed by atoms with Crippen molar-refractivity contribution < 1.29 is 4.74 Å². The van der Waals surface area contributed by atoms with Crippen LogP contribution in [0.25, 0.3) is 16.9 Å². The third kappa shape index (κ3) is 4.46. The number of benzene rings is 1. The van der Waals surface area contributed by atoms with Gasteiger partial charge in [-0.15, -0.1) is 0 Å². The lowest BCUT2D eigenvalue weighted by molar-refractivity contribution is 0.238. The minimum atomic E-state index is 0.684. The molecule has 0 N–H and O–H groups in total. The smallest absolute Gasteiger partial charge is 0.156 e. The van der Waals surface area contributed by atoms with E-state index in [9.17, 15) is 0 Å². The number of ether oxygens (including phenoxy) is 1. The van der Waals surface area contributed by atoms with Crippen LogP contribution in [0.2, 0.25) is 0 Å². The first kappa shape index (κ1) is 19.8. The van der Waals surface area contributed by atoms with Crippen LogP contribution < -0.4 is 4.74 Å². The highest BCUT2D eigenvalue weighted by molar-refractivity contribution is 5.61. The van der Waals surface area contributed by atoms with Crippen molar-refractivity contribution in [3.05, 3.63) is 66.2 Å². The number of hydrogen-bond donors (Lipinski definition) is 0. The van der Waals surface area contributed by atoms with Gasteiger partial charge < -0.3 is 4.74 Å². The second-order valence-corrected chi connectivity index (χ2v) is 8.01. The van der Waals surface area contributed by atoms with Crippen LogP contribution in [0.1, 0.15) is 31.2 Å². The standard InChI is InChI=1S/C24H28N6O/c1-2-29-18-20(17-25-29)22-6-5-7-24-26-23(27-30(22)24)16-19-8-10-21(11-9-19)31-15-14-28-12-3-4-13-28/h5-11,17-18H,2-4,12-16H2,1H3. The summed E-state index contributed by atoms with van der Waals surface area (Å²) in [5, 5.41) is 9.15. The molecule has 7 nitrogen and oxygen atoms in total. The summed E-state index contributed by atoms with van der Waals surface area (Å²) in [6, 6.07) is 14.3. The van der Waals surface area contributed by atoms with Gasteiger partial charge in [-0.1, -0.05) is 18.2 Å². The second-order valence-electron chi connectivity index (χ2n) is 8.01. The van der Waals surface area contributed by atoms with Crippen molar-refractivity contribution in [2.75, 3.05) is 26.2 Å². The summed E-state index contributed by atoms with van der Waals surface area (Å²) in [5.41, 5.74) is 4.05. The fourth-order valence-electron chi connectivity index (χ4n) is 4.10. The highest BCUT2D eigenvalue weighted by atomic mass is 16.5. The lowest BCUT2D eigenvalue weighted by Gasteiger charge is -2.14. The van der Waals surface area contributed by atoms with Crippen LogP contribution in [0.5, 0.6) is 5.75 Å². The minimum absolute atomic E-state index is 0.684. The molecule has 0 saturated carbocycles. The maximum Gasteiger partial charge on any atom is 0.156 e. The first-order chi connectivity index (χ1) is 15.3. The van der Waals surface area contributed by atoms with Crippen molar-refractivity contribution in [3.8, 4) is 17.0 Å². The van der Waals surface area contributed by atoms with Crippen LogP contribution in [0.4, 0.5) is 0 Å². The van der Waals surface area contributed by atoms with Gasteiger partial charge in [0, 0.05) is 31.3 Å². The van der Waals surface area contributed by atoms with Gasteiger partial charge in [-0.3, -0.25) is 9.58 Å². The topological polar surface area (TPSA) is 60.5 Å². The Hall–Kier alpha value is -3.19. The fourth-order valence-corrected chi connectivity index (χ4v) is 4.10. The highest BCUT2D eigenvalue weighted by Gasteiger charge is 2.12. The fraction of sp³-hybridized carbons (Fsp3) is 0.375. The molecule has 1 aliphatic rings. The quantitative estimate of drug-likeness (QED) is 0.439. The van der Waals surface area contributed by atoms with Gasteiger partial charge in [-0.05, 0) is 62.7 Å². The molecule has 0 unspecified atom stereocenters. The monoisotopic (exact) mass is 416 g/mol. The number of nitrogens with zero attached hydrogens (tertiary/aromatic N) is 6. The third-order valence-electron chi connectivity index (χ3n) is 5.82. The molecule has 3 aromatic heterocycles. The van der Waals surface area contributed by atoms with Crippen LogP contribution in [0.3, 0.4) is 0 Å². The van der Waals surface area contributed by atoms with Crippen LogP contribution in [0, 0.1) is 0 Å². The third-order valence-corrected chi connectivity index (χ3v) is 5.82. The summed E-state index contributed by atoms with van der Waals surface area (Å²) in [6.07, 6.45) is 7.23. The number of aryl methyl sites for hydroxylation is 1. The summed E-state index contributed by atoms with van der Waals surface area (Å²) in [5.74, 6) is 1.72. The van der Waals surface area contributed by atoms with Gasteiger partial charge in [0.15, 0.2) is 11.5 Å². The van der Waals surface area contributed by atoms with Crippen molar-refractivity contribution in [2.45, 2.75) is 32.7 Å². The molecule has 0 bridgehead atoms. The Morgan fingerprint density at radius 2 is 1.87 bits per heavy atom. The first-order valence-corrected chi connectivity index (χ1v) is 11.1. The molecule has 0 atom stereocenters. The molecule has 31 heavy (non-hydrogen) atoms. The van der Waals surface area contributed by atoms with E-state index >= 15 is 0 Å². The zero-order valence-electron chi connectivity index (χ0n) is 17.9. The molecular weight excluding hydrogens is 388 g/mol. The lowest BCUT2D eigenvalue weighted by Crippen LogP contribution is -2.25. The predicted octanol–water partition coefficient (Wildman–Crippen LogP) is 3.68. The molecule has 1 fully saturated rings. The van der Waals surface area contributed by atoms with Crippen molar-refractivity contribution in [1.82, 2.24) is 29.3 Å². The average Bonchev–Trinajstić information content (AvgIpc) is 3.55. The van der Waals surface area contributed by atoms with E-state index in [4.69, 9.17) is 14.8 Å². The van der Waals surface area contributed by atoms with Crippen molar-refractivity contribution in [3.63, 3.8) is 0 Å². The summed E-state index contributed by atoms with van der Waals surface area (Å²) >= 11 is 0. The largest absolute Gasteiger partial charge is 0.492 e. The van der Waals surface area contributed by atoms with Crippen molar-refractivity contribution >= 4 is 5.65 Å². The van der Waals surface area contributed by atoms with E-state index in [2.05, 4.69) is 35.1 Å². The Labute approximate surface area is 182 Å². The summed E-state index contributed by atoms with van der Waals surface area (Å²) in [7, 11) is 0. The highest BCUT2D eigenvalue weighted by Crippen LogP contribution is 2.21. The maximum atomic E-state index is 5.91. The number of fused-ring (bicyclic) bond motifs is 1. The minimum Gasteiger partial charge on any atom is -0.492 e.